The quantitative estimate of drug-likeness (QED) is 0.637. The molecule has 0 saturated carbocycles. The van der Waals surface area contributed by atoms with Crippen LogP contribution in [0.3, 0.4) is 0 Å². The van der Waals surface area contributed by atoms with E-state index in [2.05, 4.69) is 28.7 Å². The van der Waals surface area contributed by atoms with Crippen molar-refractivity contribution in [3.05, 3.63) is 18.7 Å². The number of rotatable bonds is 10. The van der Waals surface area contributed by atoms with Crippen molar-refractivity contribution >= 4 is 5.97 Å². The minimum atomic E-state index is -0.707. The van der Waals surface area contributed by atoms with Crippen molar-refractivity contribution in [1.82, 2.24) is 14.9 Å². The molecule has 0 aromatic carbocycles. The van der Waals surface area contributed by atoms with Crippen molar-refractivity contribution in [1.29, 1.82) is 0 Å². The lowest BCUT2D eigenvalue weighted by Crippen LogP contribution is -2.24. The molecule has 1 heterocycles. The lowest BCUT2D eigenvalue weighted by atomic mass is 9.84. The molecular weight excluding hydrogens is 242 g/mol. The Hall–Kier alpha value is -1.36. The summed E-state index contributed by atoms with van der Waals surface area (Å²) in [5.74, 6) is -0.707. The molecule has 0 saturated heterocycles. The molecule has 1 rings (SSSR count). The first-order chi connectivity index (χ1) is 8.99. The number of aryl methyl sites for hydroxylation is 1. The van der Waals surface area contributed by atoms with Gasteiger partial charge in [0.05, 0.1) is 6.33 Å². The highest BCUT2D eigenvalue weighted by Crippen LogP contribution is 2.25. The van der Waals surface area contributed by atoms with Gasteiger partial charge in [-0.1, -0.05) is 13.8 Å². The van der Waals surface area contributed by atoms with Gasteiger partial charge in [-0.15, -0.1) is 0 Å². The van der Waals surface area contributed by atoms with E-state index in [4.69, 9.17) is 5.11 Å². The van der Waals surface area contributed by atoms with Gasteiger partial charge in [-0.25, -0.2) is 4.98 Å². The van der Waals surface area contributed by atoms with Gasteiger partial charge in [0.15, 0.2) is 0 Å². The molecule has 0 aliphatic rings. The van der Waals surface area contributed by atoms with Crippen LogP contribution in [0, 0.1) is 5.41 Å². The summed E-state index contributed by atoms with van der Waals surface area (Å²) in [7, 11) is 0. The lowest BCUT2D eigenvalue weighted by Gasteiger charge is -2.23. The van der Waals surface area contributed by atoms with E-state index in [0.29, 0.717) is 0 Å². The largest absolute Gasteiger partial charge is 0.481 e. The van der Waals surface area contributed by atoms with Crippen LogP contribution in [0.2, 0.25) is 0 Å². The molecule has 5 nitrogen and oxygen atoms in total. The molecule has 2 N–H and O–H groups in total. The van der Waals surface area contributed by atoms with E-state index in [1.54, 1.807) is 6.20 Å². The highest BCUT2D eigenvalue weighted by Gasteiger charge is 2.18. The highest BCUT2D eigenvalue weighted by atomic mass is 16.4. The van der Waals surface area contributed by atoms with Crippen LogP contribution in [-0.2, 0) is 11.3 Å². The first-order valence-electron chi connectivity index (χ1n) is 6.88. The number of carboxylic acids is 1. The third-order valence-corrected chi connectivity index (χ3v) is 3.32. The third-order valence-electron chi connectivity index (χ3n) is 3.32. The number of hydrogen-bond acceptors (Lipinski definition) is 3. The van der Waals surface area contributed by atoms with Crippen molar-refractivity contribution < 1.29 is 9.90 Å². The Morgan fingerprint density at radius 1 is 1.37 bits per heavy atom. The van der Waals surface area contributed by atoms with Crippen LogP contribution >= 0.6 is 0 Å². The second-order valence-corrected chi connectivity index (χ2v) is 5.71. The minimum Gasteiger partial charge on any atom is -0.481 e. The Labute approximate surface area is 115 Å². The van der Waals surface area contributed by atoms with Crippen LogP contribution in [0.1, 0.15) is 39.5 Å². The molecule has 1 aromatic rings. The topological polar surface area (TPSA) is 67.2 Å². The molecule has 19 heavy (non-hydrogen) atoms. The molecule has 0 bridgehead atoms. The molecule has 0 atom stereocenters. The predicted octanol–water partition coefficient (Wildman–Crippen LogP) is 2.14. The summed E-state index contributed by atoms with van der Waals surface area (Å²) in [5, 5.41) is 12.1. The second-order valence-electron chi connectivity index (χ2n) is 5.71. The number of hydrogen-bond donors (Lipinski definition) is 2. The van der Waals surface area contributed by atoms with Crippen molar-refractivity contribution in [2.24, 2.45) is 5.41 Å². The fourth-order valence-electron chi connectivity index (χ4n) is 1.93. The fourth-order valence-corrected chi connectivity index (χ4v) is 1.93. The Bertz CT molecular complexity index is 361. The van der Waals surface area contributed by atoms with Crippen LogP contribution in [0.25, 0.3) is 0 Å². The van der Waals surface area contributed by atoms with Crippen LogP contribution in [0.5, 0.6) is 0 Å². The maximum atomic E-state index is 10.6. The average Bonchev–Trinajstić information content (AvgIpc) is 2.84. The average molecular weight is 267 g/mol. The van der Waals surface area contributed by atoms with Crippen LogP contribution in [-0.4, -0.2) is 33.7 Å². The molecule has 108 valence electrons. The monoisotopic (exact) mass is 267 g/mol. The summed E-state index contributed by atoms with van der Waals surface area (Å²) in [4.78, 5) is 14.5. The van der Waals surface area contributed by atoms with Crippen LogP contribution in [0.15, 0.2) is 18.7 Å². The summed E-state index contributed by atoms with van der Waals surface area (Å²) in [6, 6.07) is 0. The zero-order valence-corrected chi connectivity index (χ0v) is 11.9. The van der Waals surface area contributed by atoms with E-state index in [1.807, 2.05) is 12.5 Å². The molecule has 0 amide bonds. The second kappa shape index (κ2) is 7.94. The third kappa shape index (κ3) is 7.62. The van der Waals surface area contributed by atoms with Gasteiger partial charge in [-0.2, -0.15) is 0 Å². The van der Waals surface area contributed by atoms with Crippen molar-refractivity contribution in [3.63, 3.8) is 0 Å². The van der Waals surface area contributed by atoms with E-state index in [9.17, 15) is 4.79 Å². The van der Waals surface area contributed by atoms with Gasteiger partial charge in [-0.3, -0.25) is 4.79 Å². The first kappa shape index (κ1) is 15.7. The van der Waals surface area contributed by atoms with Gasteiger partial charge >= 0.3 is 5.97 Å². The number of nitrogens with one attached hydrogen (secondary N) is 1. The molecule has 5 heteroatoms. The Morgan fingerprint density at radius 2 is 2.16 bits per heavy atom. The zero-order chi connectivity index (χ0) is 14.1. The number of nitrogens with zero attached hydrogens (tertiary/aromatic N) is 2. The Kier molecular flexibility index (Phi) is 6.56. The zero-order valence-electron chi connectivity index (χ0n) is 11.9. The molecule has 0 fully saturated rings. The number of aliphatic carboxylic acids is 1. The van der Waals surface area contributed by atoms with E-state index < -0.39 is 5.97 Å². The van der Waals surface area contributed by atoms with E-state index in [-0.39, 0.29) is 11.8 Å². The molecule has 0 aliphatic heterocycles. The summed E-state index contributed by atoms with van der Waals surface area (Å²) in [6.07, 6.45) is 8.66. The lowest BCUT2D eigenvalue weighted by molar-refractivity contribution is -0.137. The van der Waals surface area contributed by atoms with E-state index in [0.717, 1.165) is 38.9 Å². The van der Waals surface area contributed by atoms with Crippen molar-refractivity contribution in [2.45, 2.75) is 46.1 Å². The fraction of sp³-hybridized carbons (Fsp3) is 0.714. The smallest absolute Gasteiger partial charge is 0.303 e. The highest BCUT2D eigenvalue weighted by molar-refractivity contribution is 5.66. The Balaban J connectivity index is 2.01. The van der Waals surface area contributed by atoms with Crippen molar-refractivity contribution in [3.8, 4) is 0 Å². The summed E-state index contributed by atoms with van der Waals surface area (Å²) in [5.41, 5.74) is 0.0930. The van der Waals surface area contributed by atoms with Gasteiger partial charge in [0.25, 0.3) is 0 Å². The molecule has 1 aromatic heterocycles. The SMILES string of the molecule is CC(C)(CCNCCCn1ccnc1)CCC(=O)O. The van der Waals surface area contributed by atoms with Gasteiger partial charge in [0.2, 0.25) is 0 Å². The number of carbonyl (C=O) groups is 1. The Morgan fingerprint density at radius 3 is 2.79 bits per heavy atom. The first-order valence-corrected chi connectivity index (χ1v) is 6.88. The van der Waals surface area contributed by atoms with Gasteiger partial charge in [0.1, 0.15) is 0 Å². The van der Waals surface area contributed by atoms with Gasteiger partial charge in [-0.05, 0) is 37.8 Å². The number of carboxylic acid groups (broad SMARTS) is 1. The molecular formula is C14H25N3O2. The van der Waals surface area contributed by atoms with E-state index in [1.165, 1.54) is 0 Å². The van der Waals surface area contributed by atoms with Crippen LogP contribution < -0.4 is 5.32 Å². The molecule has 0 aliphatic carbocycles. The minimum absolute atomic E-state index is 0.0930. The normalized spacial score (nSPS) is 11.7. The van der Waals surface area contributed by atoms with E-state index >= 15 is 0 Å². The van der Waals surface area contributed by atoms with Gasteiger partial charge < -0.3 is 15.0 Å². The summed E-state index contributed by atoms with van der Waals surface area (Å²) in [6.45, 7) is 7.16. The maximum Gasteiger partial charge on any atom is 0.303 e. The predicted molar refractivity (Wildman–Crippen MR) is 75.0 cm³/mol. The standard InChI is InChI=1S/C14H25N3O2/c1-14(2,5-4-13(18)19)6-8-15-7-3-10-17-11-9-16-12-17/h9,11-12,15H,3-8,10H2,1-2H3,(H,18,19). The van der Waals surface area contributed by atoms with Crippen molar-refractivity contribution in [2.75, 3.05) is 13.1 Å². The number of aromatic nitrogens is 2. The maximum absolute atomic E-state index is 10.6. The van der Waals surface area contributed by atoms with Crippen LogP contribution in [0.4, 0.5) is 0 Å². The molecule has 0 spiro atoms. The molecule has 0 radical (unpaired) electrons. The molecule has 0 unspecified atom stereocenters. The van der Waals surface area contributed by atoms with Gasteiger partial charge in [0, 0.05) is 25.4 Å². The summed E-state index contributed by atoms with van der Waals surface area (Å²) < 4.78 is 2.07. The number of imidazole rings is 1. The summed E-state index contributed by atoms with van der Waals surface area (Å²) >= 11 is 0.